The first kappa shape index (κ1) is 15.3. The molecule has 0 aliphatic heterocycles. The van der Waals surface area contributed by atoms with Crippen molar-refractivity contribution in [2.75, 3.05) is 6.54 Å². The summed E-state index contributed by atoms with van der Waals surface area (Å²) in [6.45, 7) is 9.37. The van der Waals surface area contributed by atoms with E-state index in [1.807, 2.05) is 6.92 Å². The summed E-state index contributed by atoms with van der Waals surface area (Å²) in [5.74, 6) is 0. The maximum absolute atomic E-state index is 10.9. The summed E-state index contributed by atoms with van der Waals surface area (Å²) < 4.78 is 1.47. The van der Waals surface area contributed by atoms with Crippen LogP contribution >= 0.6 is 0 Å². The number of hydrogen-bond acceptors (Lipinski definition) is 5. The number of aromatic nitrogens is 2. The lowest BCUT2D eigenvalue weighted by Gasteiger charge is -2.15. The van der Waals surface area contributed by atoms with Crippen LogP contribution < -0.4 is 5.32 Å². The highest BCUT2D eigenvalue weighted by molar-refractivity contribution is 5.39. The molecule has 0 saturated carbocycles. The van der Waals surface area contributed by atoms with Gasteiger partial charge in [-0.2, -0.15) is 5.10 Å². The van der Waals surface area contributed by atoms with E-state index in [2.05, 4.69) is 17.0 Å². The molecule has 0 spiro atoms. The Bertz CT molecular complexity index is 470. The van der Waals surface area contributed by atoms with Crippen molar-refractivity contribution in [1.82, 2.24) is 15.1 Å². The minimum absolute atomic E-state index is 0.0135. The van der Waals surface area contributed by atoms with E-state index in [0.29, 0.717) is 17.9 Å². The zero-order chi connectivity index (χ0) is 14.6. The molecule has 0 bridgehead atoms. The lowest BCUT2D eigenvalue weighted by Crippen LogP contribution is -2.35. The van der Waals surface area contributed by atoms with Crippen molar-refractivity contribution >= 4 is 5.69 Å². The van der Waals surface area contributed by atoms with Gasteiger partial charge in [-0.05, 0) is 20.8 Å². The second-order valence-corrected chi connectivity index (χ2v) is 4.55. The van der Waals surface area contributed by atoms with E-state index in [1.165, 1.54) is 4.68 Å². The van der Waals surface area contributed by atoms with Crippen LogP contribution in [0.15, 0.2) is 12.7 Å². The molecule has 1 aromatic heterocycles. The Morgan fingerprint density at radius 3 is 2.74 bits per heavy atom. The maximum Gasteiger partial charge on any atom is 0.312 e. The fraction of sp³-hybridized carbons (Fsp3) is 0.583. The van der Waals surface area contributed by atoms with E-state index in [-0.39, 0.29) is 18.3 Å². The molecule has 0 saturated heterocycles. The average molecular weight is 268 g/mol. The third-order valence-corrected chi connectivity index (χ3v) is 2.94. The normalized spacial score (nSPS) is 14.1. The van der Waals surface area contributed by atoms with Crippen molar-refractivity contribution in [3.05, 3.63) is 34.2 Å². The number of hydrogen-bond donors (Lipinski definition) is 2. The number of aliphatic hydroxyl groups is 1. The van der Waals surface area contributed by atoms with Gasteiger partial charge in [0.25, 0.3) is 0 Å². The fourth-order valence-electron chi connectivity index (χ4n) is 1.80. The first-order chi connectivity index (χ1) is 8.86. The van der Waals surface area contributed by atoms with Crippen molar-refractivity contribution < 1.29 is 10.0 Å². The standard InChI is InChI=1S/C12H20N4O3/c1-5-8(2)13-6-11(17)7-15-10(4)12(16(18)19)9(3)14-15/h5,8,11,13,17H,1,6-7H2,2-4H3. The van der Waals surface area contributed by atoms with Gasteiger partial charge in [0, 0.05) is 12.6 Å². The molecule has 0 aliphatic carbocycles. The van der Waals surface area contributed by atoms with Crippen LogP contribution in [0.25, 0.3) is 0 Å². The predicted molar refractivity (Wildman–Crippen MR) is 72.0 cm³/mol. The molecule has 1 heterocycles. The second kappa shape index (κ2) is 6.44. The van der Waals surface area contributed by atoms with E-state index >= 15 is 0 Å². The highest BCUT2D eigenvalue weighted by Gasteiger charge is 2.22. The molecule has 1 rings (SSSR count). The zero-order valence-corrected chi connectivity index (χ0v) is 11.5. The smallest absolute Gasteiger partial charge is 0.312 e. The molecule has 7 nitrogen and oxygen atoms in total. The number of nitrogens with zero attached hydrogens (tertiary/aromatic N) is 3. The largest absolute Gasteiger partial charge is 0.390 e. The SMILES string of the molecule is C=CC(C)NCC(O)Cn1nc(C)c([N+](=O)[O-])c1C. The maximum atomic E-state index is 10.9. The first-order valence-electron chi connectivity index (χ1n) is 6.09. The molecule has 7 heteroatoms. The van der Waals surface area contributed by atoms with Crippen LogP contribution in [-0.4, -0.2) is 38.5 Å². The molecule has 106 valence electrons. The minimum Gasteiger partial charge on any atom is -0.390 e. The van der Waals surface area contributed by atoms with Crippen molar-refractivity contribution in [2.24, 2.45) is 0 Å². The van der Waals surface area contributed by atoms with Gasteiger partial charge >= 0.3 is 5.69 Å². The van der Waals surface area contributed by atoms with E-state index in [4.69, 9.17) is 0 Å². The molecule has 0 amide bonds. The van der Waals surface area contributed by atoms with Gasteiger partial charge in [0.1, 0.15) is 11.4 Å². The molecule has 19 heavy (non-hydrogen) atoms. The molecule has 1 aromatic rings. The molecule has 2 atom stereocenters. The molecular formula is C12H20N4O3. The number of aliphatic hydroxyl groups excluding tert-OH is 1. The van der Waals surface area contributed by atoms with Gasteiger partial charge < -0.3 is 10.4 Å². The van der Waals surface area contributed by atoms with E-state index in [1.54, 1.807) is 19.9 Å². The average Bonchev–Trinajstić information content (AvgIpc) is 2.61. The van der Waals surface area contributed by atoms with Gasteiger partial charge in [0.15, 0.2) is 0 Å². The van der Waals surface area contributed by atoms with Crippen LogP contribution in [0.3, 0.4) is 0 Å². The van der Waals surface area contributed by atoms with Gasteiger partial charge in [0.05, 0.1) is 17.6 Å². The Kier molecular flexibility index (Phi) is 5.20. The summed E-state index contributed by atoms with van der Waals surface area (Å²) in [5, 5.41) is 27.9. The Hall–Kier alpha value is -1.73. The first-order valence-corrected chi connectivity index (χ1v) is 6.09. The lowest BCUT2D eigenvalue weighted by atomic mass is 10.3. The van der Waals surface area contributed by atoms with Crippen molar-refractivity contribution in [3.63, 3.8) is 0 Å². The van der Waals surface area contributed by atoms with Gasteiger partial charge in [-0.1, -0.05) is 6.08 Å². The van der Waals surface area contributed by atoms with Gasteiger partial charge in [-0.25, -0.2) is 0 Å². The van der Waals surface area contributed by atoms with Crippen LogP contribution in [0.4, 0.5) is 5.69 Å². The van der Waals surface area contributed by atoms with Gasteiger partial charge in [0.2, 0.25) is 0 Å². The predicted octanol–water partition coefficient (Wildman–Crippen LogP) is 0.933. The molecular weight excluding hydrogens is 248 g/mol. The Labute approximate surface area is 112 Å². The van der Waals surface area contributed by atoms with Crippen molar-refractivity contribution in [3.8, 4) is 0 Å². The molecule has 2 N–H and O–H groups in total. The number of rotatable bonds is 7. The zero-order valence-electron chi connectivity index (χ0n) is 11.5. The molecule has 2 unspecified atom stereocenters. The highest BCUT2D eigenvalue weighted by Crippen LogP contribution is 2.21. The number of nitrogens with one attached hydrogen (secondary N) is 1. The minimum atomic E-state index is -0.667. The van der Waals surface area contributed by atoms with Crippen LogP contribution in [0, 0.1) is 24.0 Å². The lowest BCUT2D eigenvalue weighted by molar-refractivity contribution is -0.386. The molecule has 0 radical (unpaired) electrons. The van der Waals surface area contributed by atoms with Crippen molar-refractivity contribution in [1.29, 1.82) is 0 Å². The van der Waals surface area contributed by atoms with Crippen LogP contribution in [0.2, 0.25) is 0 Å². The van der Waals surface area contributed by atoms with E-state index in [9.17, 15) is 15.2 Å². The molecule has 0 aliphatic rings. The third kappa shape index (κ3) is 3.87. The Morgan fingerprint density at radius 2 is 2.26 bits per heavy atom. The summed E-state index contributed by atoms with van der Waals surface area (Å²) >= 11 is 0. The van der Waals surface area contributed by atoms with Crippen LogP contribution in [0.1, 0.15) is 18.3 Å². The van der Waals surface area contributed by atoms with E-state index < -0.39 is 11.0 Å². The second-order valence-electron chi connectivity index (χ2n) is 4.55. The van der Waals surface area contributed by atoms with Crippen LogP contribution in [0.5, 0.6) is 0 Å². The van der Waals surface area contributed by atoms with E-state index in [0.717, 1.165) is 0 Å². The summed E-state index contributed by atoms with van der Waals surface area (Å²) in [6.07, 6.45) is 1.07. The fourth-order valence-corrected chi connectivity index (χ4v) is 1.80. The molecule has 0 aromatic carbocycles. The quantitative estimate of drug-likeness (QED) is 0.436. The third-order valence-electron chi connectivity index (χ3n) is 2.94. The summed E-state index contributed by atoms with van der Waals surface area (Å²) in [7, 11) is 0. The Balaban J connectivity index is 2.70. The number of nitro groups is 1. The summed E-state index contributed by atoms with van der Waals surface area (Å²) in [4.78, 5) is 10.4. The van der Waals surface area contributed by atoms with Gasteiger partial charge in [-0.3, -0.25) is 14.8 Å². The summed E-state index contributed by atoms with van der Waals surface area (Å²) in [5.41, 5.74) is 0.833. The van der Waals surface area contributed by atoms with Crippen LogP contribution in [-0.2, 0) is 6.54 Å². The molecule has 0 fully saturated rings. The number of aryl methyl sites for hydroxylation is 1. The summed E-state index contributed by atoms with van der Waals surface area (Å²) in [6, 6.07) is 0.101. The topological polar surface area (TPSA) is 93.2 Å². The van der Waals surface area contributed by atoms with Crippen molar-refractivity contribution in [2.45, 2.75) is 39.5 Å². The Morgan fingerprint density at radius 1 is 1.63 bits per heavy atom. The highest BCUT2D eigenvalue weighted by atomic mass is 16.6. The monoisotopic (exact) mass is 268 g/mol. The van der Waals surface area contributed by atoms with Gasteiger partial charge in [-0.15, -0.1) is 6.58 Å².